The molecular formula is C20H20N4O5. The van der Waals surface area contributed by atoms with E-state index in [1.165, 1.54) is 11.0 Å². The van der Waals surface area contributed by atoms with Gasteiger partial charge in [0, 0.05) is 29.3 Å². The maximum atomic E-state index is 12.8. The molecule has 0 aliphatic heterocycles. The van der Waals surface area contributed by atoms with Crippen LogP contribution < -0.4 is 4.74 Å². The molecule has 3 rings (SSSR count). The molecule has 9 nitrogen and oxygen atoms in total. The summed E-state index contributed by atoms with van der Waals surface area (Å²) >= 11 is 0. The number of carbonyl (C=O) groups excluding carboxylic acids is 1. The molecule has 0 saturated heterocycles. The number of nitro benzene ring substituents is 1. The van der Waals surface area contributed by atoms with Gasteiger partial charge in [0.05, 0.1) is 12.0 Å². The lowest BCUT2D eigenvalue weighted by Crippen LogP contribution is -2.30. The monoisotopic (exact) mass is 396 g/mol. The van der Waals surface area contributed by atoms with Crippen molar-refractivity contribution >= 4 is 11.6 Å². The van der Waals surface area contributed by atoms with E-state index in [4.69, 9.17) is 9.26 Å². The van der Waals surface area contributed by atoms with Crippen LogP contribution in [-0.4, -0.2) is 39.5 Å². The molecule has 3 aromatic rings. The van der Waals surface area contributed by atoms with Crippen molar-refractivity contribution in [2.24, 2.45) is 0 Å². The number of carbonyl (C=O) groups is 1. The van der Waals surface area contributed by atoms with E-state index in [9.17, 15) is 14.9 Å². The Morgan fingerprint density at radius 1 is 1.24 bits per heavy atom. The summed E-state index contributed by atoms with van der Waals surface area (Å²) in [7, 11) is 1.58. The van der Waals surface area contributed by atoms with Gasteiger partial charge in [-0.2, -0.15) is 4.98 Å². The van der Waals surface area contributed by atoms with E-state index in [0.29, 0.717) is 23.7 Å². The number of amides is 1. The molecule has 9 heteroatoms. The van der Waals surface area contributed by atoms with Gasteiger partial charge in [0.25, 0.3) is 11.6 Å². The van der Waals surface area contributed by atoms with Crippen LogP contribution in [0.1, 0.15) is 28.7 Å². The number of hydrogen-bond donors (Lipinski definition) is 0. The summed E-state index contributed by atoms with van der Waals surface area (Å²) in [5.74, 6) is 1.04. The fraction of sp³-hybridized carbons (Fsp3) is 0.250. The van der Waals surface area contributed by atoms with Crippen LogP contribution >= 0.6 is 0 Å². The summed E-state index contributed by atoms with van der Waals surface area (Å²) in [5.41, 5.74) is 1.39. The Kier molecular flexibility index (Phi) is 5.87. The fourth-order valence-corrected chi connectivity index (χ4v) is 2.79. The predicted molar refractivity (Wildman–Crippen MR) is 105 cm³/mol. The van der Waals surface area contributed by atoms with E-state index in [2.05, 4.69) is 10.1 Å². The van der Waals surface area contributed by atoms with Gasteiger partial charge >= 0.3 is 0 Å². The van der Waals surface area contributed by atoms with E-state index < -0.39 is 4.92 Å². The Balaban J connectivity index is 1.78. The van der Waals surface area contributed by atoms with Gasteiger partial charge in [-0.15, -0.1) is 0 Å². The molecule has 150 valence electrons. The van der Waals surface area contributed by atoms with Crippen molar-refractivity contribution in [3.05, 3.63) is 69.6 Å². The SMILES string of the molecule is CCN(Cc1nc(-c2ccc(OC)cc2)no1)C(=O)c1ccc(C)c([N+](=O)[O-])c1. The van der Waals surface area contributed by atoms with Gasteiger partial charge in [0.15, 0.2) is 0 Å². The Bertz CT molecular complexity index is 1030. The first-order valence-electron chi connectivity index (χ1n) is 8.94. The standard InChI is InChI=1S/C20H20N4O5/c1-4-23(20(25)15-6-5-13(2)17(11-15)24(26)27)12-18-21-19(22-29-18)14-7-9-16(28-3)10-8-14/h5-11H,4,12H2,1-3H3. The molecule has 0 fully saturated rings. The normalized spacial score (nSPS) is 10.6. The predicted octanol–water partition coefficient (Wildman–Crippen LogP) is 3.62. The van der Waals surface area contributed by atoms with Crippen molar-refractivity contribution < 1.29 is 19.0 Å². The molecule has 0 bridgehead atoms. The molecule has 0 unspecified atom stereocenters. The smallest absolute Gasteiger partial charge is 0.273 e. The molecule has 0 spiro atoms. The molecular weight excluding hydrogens is 376 g/mol. The Labute approximate surface area is 167 Å². The van der Waals surface area contributed by atoms with Crippen LogP contribution in [0.4, 0.5) is 5.69 Å². The molecule has 29 heavy (non-hydrogen) atoms. The van der Waals surface area contributed by atoms with Crippen LogP contribution in [0.15, 0.2) is 47.0 Å². The lowest BCUT2D eigenvalue weighted by atomic mass is 10.1. The number of benzene rings is 2. The first-order valence-corrected chi connectivity index (χ1v) is 8.94. The summed E-state index contributed by atoms with van der Waals surface area (Å²) in [6.07, 6.45) is 0. The Morgan fingerprint density at radius 2 is 1.97 bits per heavy atom. The largest absolute Gasteiger partial charge is 0.497 e. The second kappa shape index (κ2) is 8.51. The lowest BCUT2D eigenvalue weighted by Gasteiger charge is -2.18. The zero-order valence-electron chi connectivity index (χ0n) is 16.3. The minimum Gasteiger partial charge on any atom is -0.497 e. The number of methoxy groups -OCH3 is 1. The molecule has 0 saturated carbocycles. The molecule has 1 heterocycles. The van der Waals surface area contributed by atoms with Crippen LogP contribution in [0.25, 0.3) is 11.4 Å². The van der Waals surface area contributed by atoms with Crippen molar-refractivity contribution in [1.29, 1.82) is 0 Å². The number of aryl methyl sites for hydroxylation is 1. The third-order valence-corrected chi connectivity index (χ3v) is 4.46. The molecule has 1 amide bonds. The average Bonchev–Trinajstić information content (AvgIpc) is 3.20. The summed E-state index contributed by atoms with van der Waals surface area (Å²) in [5, 5.41) is 15.1. The average molecular weight is 396 g/mol. The van der Waals surface area contributed by atoms with Gasteiger partial charge in [0.1, 0.15) is 12.3 Å². The number of hydrogen-bond acceptors (Lipinski definition) is 7. The highest BCUT2D eigenvalue weighted by atomic mass is 16.6. The number of nitrogens with zero attached hydrogens (tertiary/aromatic N) is 4. The molecule has 0 aliphatic carbocycles. The van der Waals surface area contributed by atoms with E-state index in [-0.39, 0.29) is 29.6 Å². The van der Waals surface area contributed by atoms with Gasteiger partial charge < -0.3 is 14.2 Å². The maximum absolute atomic E-state index is 12.8. The number of aromatic nitrogens is 2. The number of nitro groups is 1. The molecule has 0 aliphatic rings. The zero-order valence-corrected chi connectivity index (χ0v) is 16.3. The second-order valence-electron chi connectivity index (χ2n) is 6.32. The van der Waals surface area contributed by atoms with Gasteiger partial charge in [-0.3, -0.25) is 14.9 Å². The molecule has 0 N–H and O–H groups in total. The minimum absolute atomic E-state index is 0.0912. The van der Waals surface area contributed by atoms with Gasteiger partial charge in [-0.25, -0.2) is 0 Å². The number of ether oxygens (including phenoxy) is 1. The first kappa shape index (κ1) is 20.0. The van der Waals surface area contributed by atoms with Crippen LogP contribution in [0, 0.1) is 17.0 Å². The maximum Gasteiger partial charge on any atom is 0.273 e. The molecule has 1 aromatic heterocycles. The highest BCUT2D eigenvalue weighted by Crippen LogP contribution is 2.22. The van der Waals surface area contributed by atoms with Crippen LogP contribution in [0.2, 0.25) is 0 Å². The van der Waals surface area contributed by atoms with E-state index >= 15 is 0 Å². The Morgan fingerprint density at radius 3 is 2.59 bits per heavy atom. The van der Waals surface area contributed by atoms with Gasteiger partial charge in [-0.1, -0.05) is 11.2 Å². The van der Waals surface area contributed by atoms with Crippen molar-refractivity contribution in [3.63, 3.8) is 0 Å². The minimum atomic E-state index is -0.498. The second-order valence-corrected chi connectivity index (χ2v) is 6.32. The molecule has 0 radical (unpaired) electrons. The Hall–Kier alpha value is -3.75. The molecule has 0 atom stereocenters. The van der Waals surface area contributed by atoms with Crippen LogP contribution in [0.5, 0.6) is 5.75 Å². The fourth-order valence-electron chi connectivity index (χ4n) is 2.79. The van der Waals surface area contributed by atoms with E-state index in [1.807, 2.05) is 12.1 Å². The van der Waals surface area contributed by atoms with E-state index in [0.717, 1.165) is 5.56 Å². The topological polar surface area (TPSA) is 112 Å². The highest BCUT2D eigenvalue weighted by Gasteiger charge is 2.21. The summed E-state index contributed by atoms with van der Waals surface area (Å²) in [4.78, 5) is 29.3. The van der Waals surface area contributed by atoms with Gasteiger partial charge in [0.2, 0.25) is 11.7 Å². The van der Waals surface area contributed by atoms with Crippen LogP contribution in [-0.2, 0) is 6.54 Å². The molecule has 2 aromatic carbocycles. The quantitative estimate of drug-likeness (QED) is 0.443. The highest BCUT2D eigenvalue weighted by molar-refractivity contribution is 5.95. The first-order chi connectivity index (χ1) is 13.9. The third kappa shape index (κ3) is 4.40. The van der Waals surface area contributed by atoms with Crippen molar-refractivity contribution in [3.8, 4) is 17.1 Å². The number of rotatable bonds is 7. The summed E-state index contributed by atoms with van der Waals surface area (Å²) in [6, 6.07) is 11.6. The van der Waals surface area contributed by atoms with Crippen molar-refractivity contribution in [2.75, 3.05) is 13.7 Å². The van der Waals surface area contributed by atoms with Crippen molar-refractivity contribution in [1.82, 2.24) is 15.0 Å². The van der Waals surface area contributed by atoms with Crippen molar-refractivity contribution in [2.45, 2.75) is 20.4 Å². The summed E-state index contributed by atoms with van der Waals surface area (Å²) in [6.45, 7) is 3.91. The van der Waals surface area contributed by atoms with Gasteiger partial charge in [-0.05, 0) is 44.2 Å². The third-order valence-electron chi connectivity index (χ3n) is 4.46. The lowest BCUT2D eigenvalue weighted by molar-refractivity contribution is -0.385. The summed E-state index contributed by atoms with van der Waals surface area (Å²) < 4.78 is 10.4. The van der Waals surface area contributed by atoms with Crippen LogP contribution in [0.3, 0.4) is 0 Å². The van der Waals surface area contributed by atoms with E-state index in [1.54, 1.807) is 45.2 Å². The zero-order chi connectivity index (χ0) is 21.0.